The highest BCUT2D eigenvalue weighted by Crippen LogP contribution is 2.17. The molecule has 86 valence electrons. The summed E-state index contributed by atoms with van der Waals surface area (Å²) in [6.45, 7) is 3.05. The Hall–Kier alpha value is -0.620. The second-order valence-corrected chi connectivity index (χ2v) is 5.44. The van der Waals surface area contributed by atoms with Crippen molar-refractivity contribution in [2.45, 2.75) is 19.4 Å². The highest BCUT2D eigenvalue weighted by atomic mass is 127. The Morgan fingerprint density at radius 3 is 2.69 bits per heavy atom. The Morgan fingerprint density at radius 2 is 2.12 bits per heavy atom. The van der Waals surface area contributed by atoms with Gasteiger partial charge in [0, 0.05) is 9.26 Å². The van der Waals surface area contributed by atoms with Crippen LogP contribution in [-0.4, -0.2) is 18.5 Å². The number of halogens is 1. The van der Waals surface area contributed by atoms with Gasteiger partial charge in [0.15, 0.2) is 0 Å². The first-order chi connectivity index (χ1) is 7.66. The number of hydrogen-bond acceptors (Lipinski definition) is 2. The Kier molecular flexibility index (Phi) is 3.81. The number of carbonyl (C=O) groups is 1. The molecule has 0 aliphatic carbocycles. The summed E-state index contributed by atoms with van der Waals surface area (Å²) in [6.07, 6.45) is 1.07. The van der Waals surface area contributed by atoms with Gasteiger partial charge in [0.25, 0.3) is 0 Å². The van der Waals surface area contributed by atoms with E-state index < -0.39 is 0 Å². The van der Waals surface area contributed by atoms with E-state index in [-0.39, 0.29) is 11.9 Å². The third-order valence-corrected chi connectivity index (χ3v) is 3.65. The van der Waals surface area contributed by atoms with E-state index in [1.54, 1.807) is 0 Å². The molecule has 3 nitrogen and oxygen atoms in total. The van der Waals surface area contributed by atoms with Crippen molar-refractivity contribution in [1.82, 2.24) is 5.32 Å². The third-order valence-electron chi connectivity index (χ3n) is 2.93. The lowest BCUT2D eigenvalue weighted by atomic mass is 10.0. The number of amides is 1. The molecule has 1 aromatic rings. The minimum Gasteiger partial charge on any atom is -0.325 e. The summed E-state index contributed by atoms with van der Waals surface area (Å²) in [5.41, 5.74) is 0.867. The second kappa shape index (κ2) is 5.14. The van der Waals surface area contributed by atoms with Crippen molar-refractivity contribution in [2.75, 3.05) is 11.9 Å². The van der Waals surface area contributed by atoms with E-state index in [2.05, 4.69) is 40.1 Å². The normalized spacial score (nSPS) is 24.4. The van der Waals surface area contributed by atoms with Crippen molar-refractivity contribution in [3.63, 3.8) is 0 Å². The van der Waals surface area contributed by atoms with Gasteiger partial charge in [-0.1, -0.05) is 6.92 Å². The molecule has 2 unspecified atom stereocenters. The maximum absolute atomic E-state index is 11.9. The lowest BCUT2D eigenvalue weighted by Gasteiger charge is -2.15. The van der Waals surface area contributed by atoms with Gasteiger partial charge in [0.1, 0.15) is 0 Å². The SMILES string of the molecule is CC1CCNC1C(=O)Nc1ccc(I)cc1. The van der Waals surface area contributed by atoms with Crippen LogP contribution in [0.15, 0.2) is 24.3 Å². The Bertz CT molecular complexity index is 377. The Labute approximate surface area is 109 Å². The van der Waals surface area contributed by atoms with Crippen LogP contribution in [0.4, 0.5) is 5.69 Å². The van der Waals surface area contributed by atoms with Gasteiger partial charge in [0.05, 0.1) is 6.04 Å². The predicted octanol–water partition coefficient (Wildman–Crippen LogP) is 2.23. The van der Waals surface area contributed by atoms with Crippen molar-refractivity contribution < 1.29 is 4.79 Å². The summed E-state index contributed by atoms with van der Waals surface area (Å²) in [5, 5.41) is 6.16. The fourth-order valence-electron chi connectivity index (χ4n) is 1.94. The number of nitrogens with one attached hydrogen (secondary N) is 2. The van der Waals surface area contributed by atoms with Crippen molar-refractivity contribution in [3.8, 4) is 0 Å². The first-order valence-corrected chi connectivity index (χ1v) is 6.54. The van der Waals surface area contributed by atoms with E-state index in [1.807, 2.05) is 24.3 Å². The van der Waals surface area contributed by atoms with Gasteiger partial charge in [-0.3, -0.25) is 4.79 Å². The number of carbonyl (C=O) groups excluding carboxylic acids is 1. The molecule has 2 N–H and O–H groups in total. The van der Waals surface area contributed by atoms with Crippen LogP contribution in [0.25, 0.3) is 0 Å². The lowest BCUT2D eigenvalue weighted by Crippen LogP contribution is -2.39. The number of benzene rings is 1. The van der Waals surface area contributed by atoms with Crippen molar-refractivity contribution in [3.05, 3.63) is 27.8 Å². The largest absolute Gasteiger partial charge is 0.325 e. The second-order valence-electron chi connectivity index (χ2n) is 4.19. The molecule has 1 saturated heterocycles. The molecular weight excluding hydrogens is 315 g/mol. The van der Waals surface area contributed by atoms with Gasteiger partial charge in [-0.15, -0.1) is 0 Å². The topological polar surface area (TPSA) is 41.1 Å². The van der Waals surface area contributed by atoms with E-state index in [9.17, 15) is 4.79 Å². The first kappa shape index (κ1) is 11.9. The monoisotopic (exact) mass is 330 g/mol. The maximum Gasteiger partial charge on any atom is 0.241 e. The minimum atomic E-state index is -0.0423. The standard InChI is InChI=1S/C12H15IN2O/c1-8-6-7-14-11(8)12(16)15-10-4-2-9(13)3-5-10/h2-5,8,11,14H,6-7H2,1H3,(H,15,16). The number of rotatable bonds is 2. The van der Waals surface area contributed by atoms with Crippen LogP contribution < -0.4 is 10.6 Å². The summed E-state index contributed by atoms with van der Waals surface area (Å²) in [4.78, 5) is 11.9. The van der Waals surface area contributed by atoms with E-state index in [1.165, 1.54) is 3.57 Å². The average molecular weight is 330 g/mol. The van der Waals surface area contributed by atoms with E-state index in [0.717, 1.165) is 18.7 Å². The predicted molar refractivity (Wildman–Crippen MR) is 73.4 cm³/mol. The molecule has 0 saturated carbocycles. The fraction of sp³-hybridized carbons (Fsp3) is 0.417. The molecule has 0 aromatic heterocycles. The van der Waals surface area contributed by atoms with Gasteiger partial charge in [0.2, 0.25) is 5.91 Å². The molecule has 0 radical (unpaired) electrons. The molecule has 16 heavy (non-hydrogen) atoms. The van der Waals surface area contributed by atoms with Crippen LogP contribution in [0, 0.1) is 9.49 Å². The van der Waals surface area contributed by atoms with Crippen LogP contribution in [0.5, 0.6) is 0 Å². The van der Waals surface area contributed by atoms with Gasteiger partial charge in [-0.2, -0.15) is 0 Å². The van der Waals surface area contributed by atoms with Crippen LogP contribution in [0.2, 0.25) is 0 Å². The van der Waals surface area contributed by atoms with Crippen LogP contribution in [-0.2, 0) is 4.79 Å². The Balaban J connectivity index is 1.99. The summed E-state index contributed by atoms with van der Waals surface area (Å²) in [5.74, 6) is 0.495. The number of hydrogen-bond donors (Lipinski definition) is 2. The van der Waals surface area contributed by atoms with Crippen LogP contribution >= 0.6 is 22.6 Å². The summed E-state index contributed by atoms with van der Waals surface area (Å²) in [7, 11) is 0. The van der Waals surface area contributed by atoms with Gasteiger partial charge < -0.3 is 10.6 Å². The van der Waals surface area contributed by atoms with Crippen molar-refractivity contribution >= 4 is 34.2 Å². The van der Waals surface area contributed by atoms with Gasteiger partial charge in [-0.25, -0.2) is 0 Å². The molecule has 2 atom stereocenters. The minimum absolute atomic E-state index is 0.0423. The molecule has 0 bridgehead atoms. The highest BCUT2D eigenvalue weighted by Gasteiger charge is 2.29. The summed E-state index contributed by atoms with van der Waals surface area (Å²) >= 11 is 2.25. The molecule has 1 aromatic carbocycles. The molecule has 1 amide bonds. The molecule has 2 rings (SSSR count). The third kappa shape index (κ3) is 2.74. The van der Waals surface area contributed by atoms with Gasteiger partial charge in [-0.05, 0) is 65.7 Å². The fourth-order valence-corrected chi connectivity index (χ4v) is 2.30. The summed E-state index contributed by atoms with van der Waals surface area (Å²) in [6, 6.07) is 7.79. The average Bonchev–Trinajstić information content (AvgIpc) is 2.68. The summed E-state index contributed by atoms with van der Waals surface area (Å²) < 4.78 is 1.17. The molecular formula is C12H15IN2O. The van der Waals surface area contributed by atoms with Crippen LogP contribution in [0.1, 0.15) is 13.3 Å². The Morgan fingerprint density at radius 1 is 1.44 bits per heavy atom. The quantitative estimate of drug-likeness (QED) is 0.817. The van der Waals surface area contributed by atoms with Crippen molar-refractivity contribution in [1.29, 1.82) is 0 Å². The zero-order chi connectivity index (χ0) is 11.5. The zero-order valence-corrected chi connectivity index (χ0v) is 11.3. The molecule has 0 spiro atoms. The zero-order valence-electron chi connectivity index (χ0n) is 9.16. The van der Waals surface area contributed by atoms with Crippen molar-refractivity contribution in [2.24, 2.45) is 5.92 Å². The first-order valence-electron chi connectivity index (χ1n) is 5.46. The van der Waals surface area contributed by atoms with E-state index in [4.69, 9.17) is 0 Å². The van der Waals surface area contributed by atoms with Crippen LogP contribution in [0.3, 0.4) is 0 Å². The molecule has 1 aliphatic rings. The van der Waals surface area contributed by atoms with E-state index >= 15 is 0 Å². The molecule has 1 heterocycles. The van der Waals surface area contributed by atoms with E-state index in [0.29, 0.717) is 5.92 Å². The smallest absolute Gasteiger partial charge is 0.241 e. The highest BCUT2D eigenvalue weighted by molar-refractivity contribution is 14.1. The molecule has 1 fully saturated rings. The van der Waals surface area contributed by atoms with Gasteiger partial charge >= 0.3 is 0 Å². The lowest BCUT2D eigenvalue weighted by molar-refractivity contribution is -0.118. The molecule has 1 aliphatic heterocycles. The maximum atomic E-state index is 11.9. The molecule has 4 heteroatoms. The number of anilines is 1.